The Morgan fingerprint density at radius 1 is 1.37 bits per heavy atom. The molecule has 1 atom stereocenters. The van der Waals surface area contributed by atoms with Gasteiger partial charge in [0.2, 0.25) is 0 Å². The highest BCUT2D eigenvalue weighted by atomic mass is 32.2. The van der Waals surface area contributed by atoms with E-state index in [1.807, 2.05) is 24.3 Å². The van der Waals surface area contributed by atoms with Crippen LogP contribution in [0.25, 0.3) is 0 Å². The molecule has 0 aromatic heterocycles. The van der Waals surface area contributed by atoms with Crippen LogP contribution in [0.2, 0.25) is 0 Å². The van der Waals surface area contributed by atoms with Gasteiger partial charge in [0.1, 0.15) is 6.61 Å². The Balaban J connectivity index is 2.83. The molecule has 1 aromatic rings. The highest BCUT2D eigenvalue weighted by molar-refractivity contribution is 7.84. The molecule has 1 aromatic carbocycles. The first-order valence-electron chi connectivity index (χ1n) is 6.51. The normalized spacial score (nSPS) is 13.3. The zero-order chi connectivity index (χ0) is 14.1. The van der Waals surface area contributed by atoms with Gasteiger partial charge in [-0.25, -0.2) is 0 Å². The van der Waals surface area contributed by atoms with E-state index in [1.54, 1.807) is 6.26 Å². The molecule has 0 spiro atoms. The second-order valence-electron chi connectivity index (χ2n) is 4.24. The zero-order valence-electron chi connectivity index (χ0n) is 11.6. The number of benzene rings is 1. The summed E-state index contributed by atoms with van der Waals surface area (Å²) in [7, 11) is -0.950. The molecule has 5 heteroatoms. The molecule has 0 aliphatic carbocycles. The molecule has 0 amide bonds. The summed E-state index contributed by atoms with van der Waals surface area (Å²) in [6, 6.07) is 7.62. The molecule has 0 heterocycles. The molecule has 1 rings (SSSR count). The van der Waals surface area contributed by atoms with E-state index in [0.29, 0.717) is 13.2 Å². The standard InChI is InChI=1S/C14H22N2O2S/c1-3-4-5-14(16-18-11-10-15)12-6-8-13(9-7-12)19(2)17/h6-9H,3-5,10-11,15H2,1-2H3. The van der Waals surface area contributed by atoms with Crippen LogP contribution in [0.15, 0.2) is 34.3 Å². The molecule has 1 unspecified atom stereocenters. The van der Waals surface area contributed by atoms with Crippen molar-refractivity contribution in [1.82, 2.24) is 0 Å². The van der Waals surface area contributed by atoms with Crippen molar-refractivity contribution in [3.8, 4) is 0 Å². The van der Waals surface area contributed by atoms with Gasteiger partial charge in [0.15, 0.2) is 0 Å². The summed E-state index contributed by atoms with van der Waals surface area (Å²) in [4.78, 5) is 6.00. The van der Waals surface area contributed by atoms with Crippen LogP contribution in [0.4, 0.5) is 0 Å². The highest BCUT2D eigenvalue weighted by Gasteiger charge is 2.05. The van der Waals surface area contributed by atoms with Gasteiger partial charge in [-0.15, -0.1) is 0 Å². The van der Waals surface area contributed by atoms with E-state index >= 15 is 0 Å². The van der Waals surface area contributed by atoms with Crippen molar-refractivity contribution in [2.24, 2.45) is 10.9 Å². The predicted molar refractivity (Wildman–Crippen MR) is 79.8 cm³/mol. The third kappa shape index (κ3) is 5.53. The van der Waals surface area contributed by atoms with E-state index in [4.69, 9.17) is 10.6 Å². The van der Waals surface area contributed by atoms with Crippen LogP contribution in [0, 0.1) is 0 Å². The SMILES string of the molecule is CCCCC(=NOCCN)c1ccc(S(C)=O)cc1. The summed E-state index contributed by atoms with van der Waals surface area (Å²) in [5.41, 5.74) is 7.31. The molecule has 2 N–H and O–H groups in total. The van der Waals surface area contributed by atoms with Crippen LogP contribution in [-0.4, -0.2) is 29.3 Å². The number of nitrogens with zero attached hydrogens (tertiary/aromatic N) is 1. The average molecular weight is 282 g/mol. The summed E-state index contributed by atoms with van der Waals surface area (Å²) in [6.07, 6.45) is 4.71. The average Bonchev–Trinajstić information content (AvgIpc) is 2.43. The van der Waals surface area contributed by atoms with E-state index in [-0.39, 0.29) is 0 Å². The Morgan fingerprint density at radius 2 is 2.05 bits per heavy atom. The summed E-state index contributed by atoms with van der Waals surface area (Å²) >= 11 is 0. The maximum absolute atomic E-state index is 11.4. The Kier molecular flexibility index (Phi) is 7.36. The molecule has 0 saturated heterocycles. The van der Waals surface area contributed by atoms with E-state index in [1.165, 1.54) is 0 Å². The summed E-state index contributed by atoms with van der Waals surface area (Å²) in [6.45, 7) is 3.02. The van der Waals surface area contributed by atoms with Gasteiger partial charge in [-0.05, 0) is 30.5 Å². The Labute approximate surface area is 117 Å². The van der Waals surface area contributed by atoms with Crippen molar-refractivity contribution in [2.75, 3.05) is 19.4 Å². The summed E-state index contributed by atoms with van der Waals surface area (Å²) in [5, 5.41) is 4.16. The first-order valence-corrected chi connectivity index (χ1v) is 8.07. The molecule has 0 radical (unpaired) electrons. The van der Waals surface area contributed by atoms with E-state index in [9.17, 15) is 4.21 Å². The van der Waals surface area contributed by atoms with Gasteiger partial charge in [-0.3, -0.25) is 4.21 Å². The maximum atomic E-state index is 11.4. The van der Waals surface area contributed by atoms with Crippen molar-refractivity contribution in [2.45, 2.75) is 31.1 Å². The number of rotatable bonds is 8. The lowest BCUT2D eigenvalue weighted by atomic mass is 10.1. The fraction of sp³-hybridized carbons (Fsp3) is 0.500. The third-order valence-electron chi connectivity index (χ3n) is 2.67. The van der Waals surface area contributed by atoms with E-state index in [0.717, 1.165) is 35.4 Å². The fourth-order valence-electron chi connectivity index (χ4n) is 1.60. The van der Waals surface area contributed by atoms with Gasteiger partial charge in [0, 0.05) is 28.5 Å². The largest absolute Gasteiger partial charge is 0.394 e. The van der Waals surface area contributed by atoms with Gasteiger partial charge in [-0.1, -0.05) is 30.6 Å². The minimum atomic E-state index is -0.950. The quantitative estimate of drug-likeness (QED) is 0.452. The Morgan fingerprint density at radius 3 is 2.58 bits per heavy atom. The lowest BCUT2D eigenvalue weighted by molar-refractivity contribution is 0.152. The first kappa shape index (κ1) is 15.9. The van der Waals surface area contributed by atoms with E-state index in [2.05, 4.69) is 12.1 Å². The predicted octanol–water partition coefficient (Wildman–Crippen LogP) is 2.29. The number of unbranched alkanes of at least 4 members (excludes halogenated alkanes) is 1. The summed E-state index contributed by atoms with van der Waals surface area (Å²) < 4.78 is 11.4. The second-order valence-corrected chi connectivity index (χ2v) is 5.62. The van der Waals surface area contributed by atoms with Crippen molar-refractivity contribution < 1.29 is 9.05 Å². The molecular formula is C14H22N2O2S. The fourth-order valence-corrected chi connectivity index (χ4v) is 2.12. The van der Waals surface area contributed by atoms with Crippen molar-refractivity contribution in [3.63, 3.8) is 0 Å². The maximum Gasteiger partial charge on any atom is 0.129 e. The molecule has 4 nitrogen and oxygen atoms in total. The lowest BCUT2D eigenvalue weighted by Crippen LogP contribution is -2.08. The van der Waals surface area contributed by atoms with Crippen LogP contribution in [0.3, 0.4) is 0 Å². The molecule has 0 saturated carbocycles. The Hall–Kier alpha value is -1.20. The molecule has 0 bridgehead atoms. The number of hydrogen-bond donors (Lipinski definition) is 1. The second kappa shape index (κ2) is 8.82. The monoisotopic (exact) mass is 282 g/mol. The number of nitrogens with two attached hydrogens (primary N) is 1. The van der Waals surface area contributed by atoms with Crippen molar-refractivity contribution in [3.05, 3.63) is 29.8 Å². The van der Waals surface area contributed by atoms with Gasteiger partial charge in [-0.2, -0.15) is 0 Å². The zero-order valence-corrected chi connectivity index (χ0v) is 12.4. The minimum Gasteiger partial charge on any atom is -0.394 e. The molecular weight excluding hydrogens is 260 g/mol. The first-order chi connectivity index (χ1) is 9.19. The van der Waals surface area contributed by atoms with E-state index < -0.39 is 10.8 Å². The third-order valence-corrected chi connectivity index (χ3v) is 3.61. The molecule has 19 heavy (non-hydrogen) atoms. The highest BCUT2D eigenvalue weighted by Crippen LogP contribution is 2.12. The molecule has 0 fully saturated rings. The van der Waals surface area contributed by atoms with Crippen LogP contribution in [-0.2, 0) is 15.6 Å². The smallest absolute Gasteiger partial charge is 0.129 e. The topological polar surface area (TPSA) is 64.7 Å². The number of oxime groups is 1. The molecule has 106 valence electrons. The lowest BCUT2D eigenvalue weighted by Gasteiger charge is -2.07. The van der Waals surface area contributed by atoms with Crippen LogP contribution >= 0.6 is 0 Å². The molecule has 0 aliphatic rings. The Bertz CT molecular complexity index is 430. The van der Waals surface area contributed by atoms with Crippen molar-refractivity contribution >= 4 is 16.5 Å². The van der Waals surface area contributed by atoms with Crippen LogP contribution in [0.1, 0.15) is 31.7 Å². The van der Waals surface area contributed by atoms with Crippen LogP contribution < -0.4 is 5.73 Å². The van der Waals surface area contributed by atoms with Crippen LogP contribution in [0.5, 0.6) is 0 Å². The van der Waals surface area contributed by atoms with Gasteiger partial charge in [0.25, 0.3) is 0 Å². The van der Waals surface area contributed by atoms with Crippen molar-refractivity contribution in [1.29, 1.82) is 0 Å². The summed E-state index contributed by atoms with van der Waals surface area (Å²) in [5.74, 6) is 0. The van der Waals surface area contributed by atoms with Gasteiger partial charge < -0.3 is 10.6 Å². The van der Waals surface area contributed by atoms with Gasteiger partial charge in [0.05, 0.1) is 5.71 Å². The van der Waals surface area contributed by atoms with Gasteiger partial charge >= 0.3 is 0 Å². The number of hydrogen-bond acceptors (Lipinski definition) is 4. The minimum absolute atomic E-state index is 0.423. The molecule has 0 aliphatic heterocycles.